The summed E-state index contributed by atoms with van der Waals surface area (Å²) in [5.41, 5.74) is 1.39. The summed E-state index contributed by atoms with van der Waals surface area (Å²) in [6.07, 6.45) is -3.41. The zero-order valence-electron chi connectivity index (χ0n) is 14.9. The summed E-state index contributed by atoms with van der Waals surface area (Å²) in [7, 11) is 0. The number of carbonyl (C=O) groups excluding carboxylic acids is 1. The quantitative estimate of drug-likeness (QED) is 0.710. The van der Waals surface area contributed by atoms with Crippen molar-refractivity contribution in [1.82, 2.24) is 5.06 Å². The van der Waals surface area contributed by atoms with Crippen LogP contribution in [0.5, 0.6) is 5.75 Å². The number of hydroxylamine groups is 2. The predicted molar refractivity (Wildman–Crippen MR) is 90.2 cm³/mol. The zero-order valence-corrected chi connectivity index (χ0v) is 15.6. The van der Waals surface area contributed by atoms with Crippen LogP contribution in [-0.2, 0) is 21.5 Å². The maximum atomic E-state index is 12.3. The Kier molecular flexibility index (Phi) is 4.68. The number of rotatable bonds is 1. The number of benzene rings is 1. The van der Waals surface area contributed by atoms with Crippen molar-refractivity contribution in [2.24, 2.45) is 0 Å². The standard InChI is InChI=1S/C18H21ClF3NO3/c1-16(2,3)13-9-12(19)8-11-10-17(25-14(11)13)4-6-23(7-5-17)26-15(24)18(20,21)22/h8-9H,4-7,10H2,1-3H3. The lowest BCUT2D eigenvalue weighted by Gasteiger charge is -2.37. The average molecular weight is 392 g/mol. The SMILES string of the molecule is CC(C)(C)c1cc(Cl)cc2c1OC1(CCN(OC(=O)C(F)(F)F)CC1)C2. The largest absolute Gasteiger partial charge is 0.492 e. The molecule has 0 bridgehead atoms. The third-order valence-corrected chi connectivity index (χ3v) is 5.07. The number of carbonyl (C=O) groups is 1. The van der Waals surface area contributed by atoms with Gasteiger partial charge in [-0.05, 0) is 23.1 Å². The first kappa shape index (κ1) is 19.3. The van der Waals surface area contributed by atoms with Crippen LogP contribution in [0.1, 0.15) is 44.7 Å². The third kappa shape index (κ3) is 3.78. The molecule has 4 nitrogen and oxygen atoms in total. The second-order valence-corrected chi connectivity index (χ2v) is 8.40. The summed E-state index contributed by atoms with van der Waals surface area (Å²) in [5, 5.41) is 1.70. The minimum absolute atomic E-state index is 0.149. The molecule has 26 heavy (non-hydrogen) atoms. The molecule has 1 aromatic rings. The topological polar surface area (TPSA) is 38.8 Å². The van der Waals surface area contributed by atoms with Crippen LogP contribution in [-0.4, -0.2) is 35.9 Å². The zero-order chi connectivity index (χ0) is 19.3. The normalized spacial score (nSPS) is 20.0. The van der Waals surface area contributed by atoms with Gasteiger partial charge in [0.15, 0.2) is 0 Å². The molecule has 3 rings (SSSR count). The molecule has 1 aromatic carbocycles. The van der Waals surface area contributed by atoms with Crippen molar-refractivity contribution in [2.75, 3.05) is 13.1 Å². The summed E-state index contributed by atoms with van der Waals surface area (Å²) >= 11 is 6.26. The molecule has 0 saturated carbocycles. The molecule has 0 amide bonds. The Morgan fingerprint density at radius 2 is 1.85 bits per heavy atom. The third-order valence-electron chi connectivity index (χ3n) is 4.85. The highest BCUT2D eigenvalue weighted by Gasteiger charge is 2.47. The Balaban J connectivity index is 1.72. The van der Waals surface area contributed by atoms with Gasteiger partial charge in [-0.1, -0.05) is 32.4 Å². The summed E-state index contributed by atoms with van der Waals surface area (Å²) in [5.74, 6) is -1.37. The maximum Gasteiger partial charge on any atom is 0.492 e. The molecule has 0 aliphatic carbocycles. The Hall–Kier alpha value is -1.47. The molecule has 2 aliphatic rings. The van der Waals surface area contributed by atoms with Crippen LogP contribution in [0, 0.1) is 0 Å². The van der Waals surface area contributed by atoms with E-state index in [0.717, 1.165) is 21.9 Å². The maximum absolute atomic E-state index is 12.3. The Labute approximate surface area is 155 Å². The molecule has 2 aliphatic heterocycles. The van der Waals surface area contributed by atoms with E-state index in [9.17, 15) is 18.0 Å². The minimum atomic E-state index is -4.99. The highest BCUT2D eigenvalue weighted by molar-refractivity contribution is 6.30. The average Bonchev–Trinajstić information content (AvgIpc) is 2.84. The van der Waals surface area contributed by atoms with Crippen LogP contribution in [0.25, 0.3) is 0 Å². The van der Waals surface area contributed by atoms with Crippen molar-refractivity contribution in [3.63, 3.8) is 0 Å². The molecule has 1 spiro atoms. The monoisotopic (exact) mass is 391 g/mol. The Morgan fingerprint density at radius 1 is 1.23 bits per heavy atom. The number of fused-ring (bicyclic) bond motifs is 1. The minimum Gasteiger partial charge on any atom is -0.486 e. The lowest BCUT2D eigenvalue weighted by Crippen LogP contribution is -2.48. The van der Waals surface area contributed by atoms with E-state index < -0.39 is 17.7 Å². The van der Waals surface area contributed by atoms with Gasteiger partial charge in [0.1, 0.15) is 11.4 Å². The first-order chi connectivity index (χ1) is 11.9. The highest BCUT2D eigenvalue weighted by atomic mass is 35.5. The molecular formula is C18H21ClF3NO3. The van der Waals surface area contributed by atoms with Gasteiger partial charge in [-0.25, -0.2) is 4.79 Å². The van der Waals surface area contributed by atoms with Crippen molar-refractivity contribution in [2.45, 2.75) is 57.2 Å². The molecule has 1 saturated heterocycles. The molecule has 2 heterocycles. The van der Waals surface area contributed by atoms with Crippen molar-refractivity contribution in [3.05, 3.63) is 28.3 Å². The second-order valence-electron chi connectivity index (χ2n) is 7.96. The molecule has 8 heteroatoms. The molecule has 1 fully saturated rings. The number of nitrogens with zero attached hydrogens (tertiary/aromatic N) is 1. The van der Waals surface area contributed by atoms with E-state index >= 15 is 0 Å². The number of hydrogen-bond acceptors (Lipinski definition) is 4. The van der Waals surface area contributed by atoms with Crippen molar-refractivity contribution < 1.29 is 27.5 Å². The van der Waals surface area contributed by atoms with Gasteiger partial charge in [-0.3, -0.25) is 0 Å². The van der Waals surface area contributed by atoms with Crippen LogP contribution in [0.4, 0.5) is 13.2 Å². The van der Waals surface area contributed by atoms with Crippen molar-refractivity contribution in [1.29, 1.82) is 0 Å². The first-order valence-corrected chi connectivity index (χ1v) is 8.83. The first-order valence-electron chi connectivity index (χ1n) is 8.46. The van der Waals surface area contributed by atoms with Gasteiger partial charge in [0.05, 0.1) is 0 Å². The van der Waals surface area contributed by atoms with E-state index in [1.54, 1.807) is 0 Å². The summed E-state index contributed by atoms with van der Waals surface area (Å²) < 4.78 is 43.3. The highest BCUT2D eigenvalue weighted by Crippen LogP contribution is 2.47. The van der Waals surface area contributed by atoms with E-state index in [-0.39, 0.29) is 18.5 Å². The van der Waals surface area contributed by atoms with Gasteiger partial charge in [0.25, 0.3) is 0 Å². The van der Waals surface area contributed by atoms with Gasteiger partial charge in [-0.2, -0.15) is 13.2 Å². The van der Waals surface area contributed by atoms with Gasteiger partial charge in [0.2, 0.25) is 0 Å². The van der Waals surface area contributed by atoms with Crippen LogP contribution in [0.3, 0.4) is 0 Å². The van der Waals surface area contributed by atoms with Gasteiger partial charge < -0.3 is 9.57 Å². The van der Waals surface area contributed by atoms with Crippen LogP contribution in [0.15, 0.2) is 12.1 Å². The van der Waals surface area contributed by atoms with Gasteiger partial charge in [-0.15, -0.1) is 5.06 Å². The van der Waals surface area contributed by atoms with Gasteiger partial charge in [0, 0.05) is 42.9 Å². The summed E-state index contributed by atoms with van der Waals surface area (Å²) in [6, 6.07) is 3.79. The van der Waals surface area contributed by atoms with Crippen LogP contribution < -0.4 is 4.74 Å². The lowest BCUT2D eigenvalue weighted by molar-refractivity contribution is -0.245. The number of halogens is 4. The van der Waals surface area contributed by atoms with E-state index in [0.29, 0.717) is 24.3 Å². The molecule has 0 aromatic heterocycles. The predicted octanol–water partition coefficient (Wildman–Crippen LogP) is 4.43. The lowest BCUT2D eigenvalue weighted by atomic mass is 9.84. The fraction of sp³-hybridized carbons (Fsp3) is 0.611. The van der Waals surface area contributed by atoms with Crippen LogP contribution >= 0.6 is 11.6 Å². The molecule has 144 valence electrons. The Bertz CT molecular complexity index is 720. The fourth-order valence-corrected chi connectivity index (χ4v) is 3.73. The molecular weight excluding hydrogens is 371 g/mol. The van der Waals surface area contributed by atoms with E-state index in [4.69, 9.17) is 16.3 Å². The smallest absolute Gasteiger partial charge is 0.486 e. The van der Waals surface area contributed by atoms with Gasteiger partial charge >= 0.3 is 12.1 Å². The summed E-state index contributed by atoms with van der Waals surface area (Å²) in [4.78, 5) is 15.4. The summed E-state index contributed by atoms with van der Waals surface area (Å²) in [6.45, 7) is 6.61. The Morgan fingerprint density at radius 3 is 2.38 bits per heavy atom. The molecule has 0 atom stereocenters. The molecule has 0 N–H and O–H groups in total. The van der Waals surface area contributed by atoms with E-state index in [1.165, 1.54) is 0 Å². The molecule has 0 radical (unpaired) electrons. The fourth-order valence-electron chi connectivity index (χ4n) is 3.49. The van der Waals surface area contributed by atoms with Crippen molar-refractivity contribution in [3.8, 4) is 5.75 Å². The number of ether oxygens (including phenoxy) is 1. The second kappa shape index (κ2) is 6.30. The number of alkyl halides is 3. The number of hydrogen-bond donors (Lipinski definition) is 0. The number of piperidine rings is 1. The molecule has 0 unspecified atom stereocenters. The van der Waals surface area contributed by atoms with E-state index in [1.807, 2.05) is 12.1 Å². The van der Waals surface area contributed by atoms with Crippen LogP contribution in [0.2, 0.25) is 5.02 Å². The van der Waals surface area contributed by atoms with E-state index in [2.05, 4.69) is 25.6 Å². The van der Waals surface area contributed by atoms with Crippen molar-refractivity contribution >= 4 is 17.6 Å².